The van der Waals surface area contributed by atoms with Gasteiger partial charge in [0, 0.05) is 18.7 Å². The number of nitrogens with zero attached hydrogens (tertiary/aromatic N) is 1. The van der Waals surface area contributed by atoms with Crippen molar-refractivity contribution in [2.24, 2.45) is 0 Å². The Bertz CT molecular complexity index is 427. The van der Waals surface area contributed by atoms with E-state index in [2.05, 4.69) is 0 Å². The van der Waals surface area contributed by atoms with Crippen molar-refractivity contribution in [2.75, 3.05) is 13.1 Å². The lowest BCUT2D eigenvalue weighted by Crippen LogP contribution is -2.42. The van der Waals surface area contributed by atoms with Crippen LogP contribution in [0.4, 0.5) is 0 Å². The van der Waals surface area contributed by atoms with Crippen LogP contribution in [0.3, 0.4) is 0 Å². The second kappa shape index (κ2) is 4.34. The van der Waals surface area contributed by atoms with Gasteiger partial charge in [-0.2, -0.15) is 0 Å². The molecular formula is C12H14ClNO2. The lowest BCUT2D eigenvalue weighted by atomic mass is 10.0. The number of phenolic OH excluding ortho intramolecular Hbond substituents is 1. The predicted molar refractivity (Wildman–Crippen MR) is 63.0 cm³/mol. The van der Waals surface area contributed by atoms with E-state index in [0.717, 1.165) is 25.1 Å². The zero-order valence-corrected chi connectivity index (χ0v) is 9.92. The summed E-state index contributed by atoms with van der Waals surface area (Å²) in [4.78, 5) is 13.7. The molecule has 0 saturated carbocycles. The number of benzene rings is 1. The summed E-state index contributed by atoms with van der Waals surface area (Å²) in [6.07, 6.45) is 1.73. The molecule has 2 rings (SSSR count). The summed E-state index contributed by atoms with van der Waals surface area (Å²) in [7, 11) is 0. The van der Waals surface area contributed by atoms with Crippen LogP contribution < -0.4 is 0 Å². The van der Waals surface area contributed by atoms with Gasteiger partial charge in [0.05, 0.1) is 5.02 Å². The van der Waals surface area contributed by atoms with Gasteiger partial charge in [0.1, 0.15) is 5.75 Å². The molecule has 3 nitrogen and oxygen atoms in total. The zero-order chi connectivity index (χ0) is 11.7. The molecule has 1 fully saturated rings. The number of amides is 1. The SMILES string of the molecule is CCc1cc(C(=O)N2CCC2)cc(Cl)c1O. The summed E-state index contributed by atoms with van der Waals surface area (Å²) >= 11 is 5.89. The average molecular weight is 240 g/mol. The summed E-state index contributed by atoms with van der Waals surface area (Å²) < 4.78 is 0. The van der Waals surface area contributed by atoms with Gasteiger partial charge < -0.3 is 10.0 Å². The van der Waals surface area contributed by atoms with Crippen LogP contribution in [0.2, 0.25) is 5.02 Å². The van der Waals surface area contributed by atoms with Crippen LogP contribution in [0.1, 0.15) is 29.3 Å². The molecule has 0 aliphatic carbocycles. The molecule has 0 bridgehead atoms. The highest BCUT2D eigenvalue weighted by Crippen LogP contribution is 2.30. The van der Waals surface area contributed by atoms with Crippen molar-refractivity contribution in [1.82, 2.24) is 4.90 Å². The van der Waals surface area contributed by atoms with E-state index in [4.69, 9.17) is 11.6 Å². The Hall–Kier alpha value is -1.22. The average Bonchev–Trinajstić information content (AvgIpc) is 2.19. The van der Waals surface area contributed by atoms with Crippen LogP contribution in [0.5, 0.6) is 5.75 Å². The van der Waals surface area contributed by atoms with Crippen molar-refractivity contribution in [3.63, 3.8) is 0 Å². The smallest absolute Gasteiger partial charge is 0.253 e. The van der Waals surface area contributed by atoms with Crippen molar-refractivity contribution in [3.05, 3.63) is 28.3 Å². The summed E-state index contributed by atoms with van der Waals surface area (Å²) in [6, 6.07) is 3.26. The highest BCUT2D eigenvalue weighted by molar-refractivity contribution is 6.32. The first-order chi connectivity index (χ1) is 7.63. The minimum absolute atomic E-state index is 0.00264. The molecule has 1 heterocycles. The summed E-state index contributed by atoms with van der Waals surface area (Å²) in [5.41, 5.74) is 1.29. The lowest BCUT2D eigenvalue weighted by molar-refractivity contribution is 0.0651. The third kappa shape index (κ3) is 1.87. The normalized spacial score (nSPS) is 14.8. The molecule has 0 aromatic heterocycles. The Labute approximate surface area is 99.6 Å². The maximum Gasteiger partial charge on any atom is 0.253 e. The van der Waals surface area contributed by atoms with Gasteiger partial charge in [-0.15, -0.1) is 0 Å². The maximum atomic E-state index is 11.9. The molecule has 1 aromatic carbocycles. The van der Waals surface area contributed by atoms with Gasteiger partial charge in [-0.3, -0.25) is 4.79 Å². The van der Waals surface area contributed by atoms with Gasteiger partial charge in [0.2, 0.25) is 0 Å². The van der Waals surface area contributed by atoms with Crippen molar-refractivity contribution in [2.45, 2.75) is 19.8 Å². The largest absolute Gasteiger partial charge is 0.506 e. The monoisotopic (exact) mass is 239 g/mol. The van der Waals surface area contributed by atoms with Crippen LogP contribution in [0, 0.1) is 0 Å². The van der Waals surface area contributed by atoms with E-state index in [1.807, 2.05) is 6.92 Å². The molecule has 1 N–H and O–H groups in total. The van der Waals surface area contributed by atoms with Crippen molar-refractivity contribution in [3.8, 4) is 5.75 Å². The highest BCUT2D eigenvalue weighted by atomic mass is 35.5. The lowest BCUT2D eigenvalue weighted by Gasteiger charge is -2.31. The number of rotatable bonds is 2. The van der Waals surface area contributed by atoms with Crippen LogP contribution in [-0.2, 0) is 6.42 Å². The third-order valence-corrected chi connectivity index (χ3v) is 3.20. The molecule has 4 heteroatoms. The molecule has 0 atom stereocenters. The second-order valence-corrected chi connectivity index (χ2v) is 4.37. The Morgan fingerprint density at radius 3 is 2.69 bits per heavy atom. The number of hydrogen-bond acceptors (Lipinski definition) is 2. The van der Waals surface area contributed by atoms with E-state index in [1.54, 1.807) is 11.0 Å². The number of aromatic hydroxyl groups is 1. The van der Waals surface area contributed by atoms with Gasteiger partial charge in [0.25, 0.3) is 5.91 Å². The van der Waals surface area contributed by atoms with Gasteiger partial charge in [0.15, 0.2) is 0 Å². The molecule has 1 amide bonds. The van der Waals surface area contributed by atoms with E-state index in [-0.39, 0.29) is 16.7 Å². The third-order valence-electron chi connectivity index (χ3n) is 2.91. The topological polar surface area (TPSA) is 40.5 Å². The predicted octanol–water partition coefficient (Wildman–Crippen LogP) is 2.45. The van der Waals surface area contributed by atoms with E-state index >= 15 is 0 Å². The van der Waals surface area contributed by atoms with E-state index in [9.17, 15) is 9.90 Å². The number of carbonyl (C=O) groups excluding carboxylic acids is 1. The minimum Gasteiger partial charge on any atom is -0.506 e. The molecule has 0 spiro atoms. The Morgan fingerprint density at radius 2 is 2.19 bits per heavy atom. The molecule has 0 radical (unpaired) electrons. The first kappa shape index (κ1) is 11.3. The molecule has 1 aliphatic heterocycles. The molecule has 0 unspecified atom stereocenters. The highest BCUT2D eigenvalue weighted by Gasteiger charge is 2.22. The number of phenols is 1. The molecule has 1 saturated heterocycles. The molecular weight excluding hydrogens is 226 g/mol. The van der Waals surface area contributed by atoms with Gasteiger partial charge in [-0.05, 0) is 30.5 Å². The summed E-state index contributed by atoms with van der Waals surface area (Å²) in [5, 5.41) is 9.91. The standard InChI is InChI=1S/C12H14ClNO2/c1-2-8-6-9(7-10(13)11(8)15)12(16)14-4-3-5-14/h6-7,15H,2-5H2,1H3. The zero-order valence-electron chi connectivity index (χ0n) is 9.16. The number of hydrogen-bond donors (Lipinski definition) is 1. The van der Waals surface area contributed by atoms with Crippen molar-refractivity contribution < 1.29 is 9.90 Å². The molecule has 1 aliphatic rings. The molecule has 1 aromatic rings. The first-order valence-corrected chi connectivity index (χ1v) is 5.82. The van der Waals surface area contributed by atoms with Crippen LogP contribution in [0.15, 0.2) is 12.1 Å². The van der Waals surface area contributed by atoms with E-state index < -0.39 is 0 Å². The fourth-order valence-electron chi connectivity index (χ4n) is 1.75. The second-order valence-electron chi connectivity index (χ2n) is 3.97. The minimum atomic E-state index is 0.00264. The Morgan fingerprint density at radius 1 is 1.50 bits per heavy atom. The van der Waals surface area contributed by atoms with Crippen LogP contribution >= 0.6 is 11.6 Å². The maximum absolute atomic E-state index is 11.9. The molecule has 86 valence electrons. The quantitative estimate of drug-likeness (QED) is 0.861. The number of aryl methyl sites for hydroxylation is 1. The van der Waals surface area contributed by atoms with E-state index in [0.29, 0.717) is 12.0 Å². The van der Waals surface area contributed by atoms with Crippen molar-refractivity contribution >= 4 is 17.5 Å². The molecule has 16 heavy (non-hydrogen) atoms. The number of halogens is 1. The van der Waals surface area contributed by atoms with Crippen LogP contribution in [0.25, 0.3) is 0 Å². The first-order valence-electron chi connectivity index (χ1n) is 5.44. The van der Waals surface area contributed by atoms with Gasteiger partial charge in [-0.25, -0.2) is 0 Å². The fraction of sp³-hybridized carbons (Fsp3) is 0.417. The fourth-order valence-corrected chi connectivity index (χ4v) is 1.99. The van der Waals surface area contributed by atoms with Gasteiger partial charge >= 0.3 is 0 Å². The van der Waals surface area contributed by atoms with Crippen LogP contribution in [-0.4, -0.2) is 29.0 Å². The van der Waals surface area contributed by atoms with Crippen molar-refractivity contribution in [1.29, 1.82) is 0 Å². The summed E-state index contributed by atoms with van der Waals surface area (Å²) in [6.45, 7) is 3.56. The Balaban J connectivity index is 2.33. The number of likely N-dealkylation sites (tertiary alicyclic amines) is 1. The van der Waals surface area contributed by atoms with Gasteiger partial charge in [-0.1, -0.05) is 18.5 Å². The summed E-state index contributed by atoms with van der Waals surface area (Å²) in [5.74, 6) is 0.0900. The number of carbonyl (C=O) groups is 1. The Kier molecular flexibility index (Phi) is 3.06. The van der Waals surface area contributed by atoms with E-state index in [1.165, 1.54) is 6.07 Å².